The summed E-state index contributed by atoms with van der Waals surface area (Å²) < 4.78 is 1.00. The first-order valence-electron chi connectivity index (χ1n) is 5.95. The molecule has 3 N–H and O–H groups in total. The maximum atomic E-state index is 12.0. The Morgan fingerprint density at radius 3 is 2.74 bits per heavy atom. The molecule has 0 fully saturated rings. The highest BCUT2D eigenvalue weighted by molar-refractivity contribution is 9.10. The lowest BCUT2D eigenvalue weighted by Crippen LogP contribution is -2.22. The van der Waals surface area contributed by atoms with Crippen LogP contribution in [0.25, 0.3) is 0 Å². The Hall–Kier alpha value is -1.81. The molecule has 4 heteroatoms. The molecule has 0 aliphatic rings. The van der Waals surface area contributed by atoms with E-state index in [9.17, 15) is 4.79 Å². The molecule has 98 valence electrons. The monoisotopic (exact) mass is 318 g/mol. The van der Waals surface area contributed by atoms with Crippen molar-refractivity contribution < 1.29 is 4.79 Å². The minimum Gasteiger partial charge on any atom is -0.399 e. The predicted molar refractivity (Wildman–Crippen MR) is 80.9 cm³/mol. The SMILES string of the molecule is Cc1cc(C(=O)NCc2cccc(Br)c2)ccc1N. The summed E-state index contributed by atoms with van der Waals surface area (Å²) in [6.45, 7) is 2.39. The van der Waals surface area contributed by atoms with E-state index in [-0.39, 0.29) is 5.91 Å². The van der Waals surface area contributed by atoms with Crippen LogP contribution in [0, 0.1) is 6.92 Å². The molecule has 2 aromatic rings. The zero-order valence-electron chi connectivity index (χ0n) is 10.6. The minimum atomic E-state index is -0.0944. The van der Waals surface area contributed by atoms with E-state index in [1.807, 2.05) is 31.2 Å². The maximum Gasteiger partial charge on any atom is 0.251 e. The van der Waals surface area contributed by atoms with Crippen LogP contribution >= 0.6 is 15.9 Å². The van der Waals surface area contributed by atoms with E-state index in [0.29, 0.717) is 17.8 Å². The number of carbonyl (C=O) groups excluding carboxylic acids is 1. The van der Waals surface area contributed by atoms with Gasteiger partial charge in [-0.1, -0.05) is 28.1 Å². The van der Waals surface area contributed by atoms with Gasteiger partial charge in [0.15, 0.2) is 0 Å². The highest BCUT2D eigenvalue weighted by Gasteiger charge is 2.06. The smallest absolute Gasteiger partial charge is 0.251 e. The van der Waals surface area contributed by atoms with Crippen LogP contribution in [0.3, 0.4) is 0 Å². The summed E-state index contributed by atoms with van der Waals surface area (Å²) in [4.78, 5) is 12.0. The van der Waals surface area contributed by atoms with E-state index in [0.717, 1.165) is 15.6 Å². The lowest BCUT2D eigenvalue weighted by molar-refractivity contribution is 0.0951. The van der Waals surface area contributed by atoms with Crippen LogP contribution in [0.4, 0.5) is 5.69 Å². The predicted octanol–water partition coefficient (Wildman–Crippen LogP) is 3.27. The molecule has 0 saturated heterocycles. The Labute approximate surface area is 121 Å². The van der Waals surface area contributed by atoms with Gasteiger partial charge in [-0.3, -0.25) is 4.79 Å². The van der Waals surface area contributed by atoms with Crippen molar-refractivity contribution in [2.45, 2.75) is 13.5 Å². The van der Waals surface area contributed by atoms with Gasteiger partial charge in [0.05, 0.1) is 0 Å². The Kier molecular flexibility index (Phi) is 4.22. The van der Waals surface area contributed by atoms with Crippen molar-refractivity contribution in [1.82, 2.24) is 5.32 Å². The molecule has 0 radical (unpaired) electrons. The molecular weight excluding hydrogens is 304 g/mol. The maximum absolute atomic E-state index is 12.0. The summed E-state index contributed by atoms with van der Waals surface area (Å²) in [6.07, 6.45) is 0. The van der Waals surface area contributed by atoms with Crippen LogP contribution in [-0.2, 0) is 6.54 Å². The fourth-order valence-corrected chi connectivity index (χ4v) is 2.19. The topological polar surface area (TPSA) is 55.1 Å². The quantitative estimate of drug-likeness (QED) is 0.853. The van der Waals surface area contributed by atoms with Crippen LogP contribution in [0.5, 0.6) is 0 Å². The molecule has 2 rings (SSSR count). The molecule has 1 amide bonds. The first-order valence-corrected chi connectivity index (χ1v) is 6.74. The number of nitrogens with two attached hydrogens (primary N) is 1. The van der Waals surface area contributed by atoms with E-state index in [1.165, 1.54) is 0 Å². The van der Waals surface area contributed by atoms with Crippen molar-refractivity contribution >= 4 is 27.5 Å². The summed E-state index contributed by atoms with van der Waals surface area (Å²) in [7, 11) is 0. The number of nitrogen functional groups attached to an aromatic ring is 1. The zero-order chi connectivity index (χ0) is 13.8. The summed E-state index contributed by atoms with van der Waals surface area (Å²) in [5.74, 6) is -0.0944. The number of anilines is 1. The lowest BCUT2D eigenvalue weighted by atomic mass is 10.1. The normalized spacial score (nSPS) is 10.2. The molecule has 19 heavy (non-hydrogen) atoms. The van der Waals surface area contributed by atoms with Gasteiger partial charge in [-0.05, 0) is 48.4 Å². The first kappa shape index (κ1) is 13.6. The average molecular weight is 319 g/mol. The van der Waals surface area contributed by atoms with Crippen molar-refractivity contribution in [1.29, 1.82) is 0 Å². The number of amides is 1. The number of hydrogen-bond donors (Lipinski definition) is 2. The van der Waals surface area contributed by atoms with Gasteiger partial charge >= 0.3 is 0 Å². The molecule has 0 aliphatic carbocycles. The third kappa shape index (κ3) is 3.58. The summed E-state index contributed by atoms with van der Waals surface area (Å²) in [6, 6.07) is 13.1. The summed E-state index contributed by atoms with van der Waals surface area (Å²) >= 11 is 3.40. The number of hydrogen-bond acceptors (Lipinski definition) is 2. The Balaban J connectivity index is 2.03. The number of carbonyl (C=O) groups is 1. The van der Waals surface area contributed by atoms with Gasteiger partial charge in [-0.25, -0.2) is 0 Å². The van der Waals surface area contributed by atoms with Crippen molar-refractivity contribution in [2.75, 3.05) is 5.73 Å². The van der Waals surface area contributed by atoms with Crippen molar-refractivity contribution in [3.63, 3.8) is 0 Å². The third-order valence-corrected chi connectivity index (χ3v) is 3.37. The standard InChI is InChI=1S/C15H15BrN2O/c1-10-7-12(5-6-14(10)17)15(19)18-9-11-3-2-4-13(16)8-11/h2-8H,9,17H2,1H3,(H,18,19). The molecule has 0 heterocycles. The van der Waals surface area contributed by atoms with Crippen LogP contribution in [0.2, 0.25) is 0 Å². The van der Waals surface area contributed by atoms with Gasteiger partial charge in [0.1, 0.15) is 0 Å². The van der Waals surface area contributed by atoms with Crippen molar-refractivity contribution in [3.8, 4) is 0 Å². The number of nitrogens with one attached hydrogen (secondary N) is 1. The second kappa shape index (κ2) is 5.89. The van der Waals surface area contributed by atoms with Gasteiger partial charge in [0.25, 0.3) is 5.91 Å². The largest absolute Gasteiger partial charge is 0.399 e. The molecule has 0 bridgehead atoms. The van der Waals surface area contributed by atoms with Crippen LogP contribution in [-0.4, -0.2) is 5.91 Å². The van der Waals surface area contributed by atoms with E-state index in [1.54, 1.807) is 18.2 Å². The van der Waals surface area contributed by atoms with E-state index >= 15 is 0 Å². The van der Waals surface area contributed by atoms with Crippen LogP contribution < -0.4 is 11.1 Å². The summed E-state index contributed by atoms with van der Waals surface area (Å²) in [5.41, 5.74) is 9.02. The molecular formula is C15H15BrN2O. The number of halogens is 1. The van der Waals surface area contributed by atoms with E-state index in [4.69, 9.17) is 5.73 Å². The van der Waals surface area contributed by atoms with Crippen molar-refractivity contribution in [3.05, 3.63) is 63.6 Å². The number of rotatable bonds is 3. The van der Waals surface area contributed by atoms with Gasteiger partial charge < -0.3 is 11.1 Å². The molecule has 0 aromatic heterocycles. The highest BCUT2D eigenvalue weighted by atomic mass is 79.9. The van der Waals surface area contributed by atoms with Crippen molar-refractivity contribution in [2.24, 2.45) is 0 Å². The van der Waals surface area contributed by atoms with Gasteiger partial charge in [-0.2, -0.15) is 0 Å². The summed E-state index contributed by atoms with van der Waals surface area (Å²) in [5, 5.41) is 2.89. The Bertz CT molecular complexity index is 611. The Morgan fingerprint density at radius 1 is 1.26 bits per heavy atom. The molecule has 0 unspecified atom stereocenters. The fraction of sp³-hybridized carbons (Fsp3) is 0.133. The minimum absolute atomic E-state index is 0.0944. The molecule has 2 aromatic carbocycles. The van der Waals surface area contributed by atoms with Crippen LogP contribution in [0.1, 0.15) is 21.5 Å². The van der Waals surface area contributed by atoms with E-state index in [2.05, 4.69) is 21.2 Å². The van der Waals surface area contributed by atoms with Gasteiger partial charge in [0, 0.05) is 22.3 Å². The third-order valence-electron chi connectivity index (χ3n) is 2.87. The fourth-order valence-electron chi connectivity index (χ4n) is 1.75. The second-order valence-corrected chi connectivity index (χ2v) is 5.30. The number of aryl methyl sites for hydroxylation is 1. The molecule has 0 atom stereocenters. The molecule has 0 saturated carbocycles. The molecule has 0 spiro atoms. The van der Waals surface area contributed by atoms with E-state index < -0.39 is 0 Å². The highest BCUT2D eigenvalue weighted by Crippen LogP contribution is 2.14. The van der Waals surface area contributed by atoms with Gasteiger partial charge in [0.2, 0.25) is 0 Å². The first-order chi connectivity index (χ1) is 9.06. The van der Waals surface area contributed by atoms with Gasteiger partial charge in [-0.15, -0.1) is 0 Å². The second-order valence-electron chi connectivity index (χ2n) is 4.38. The molecule has 0 aliphatic heterocycles. The average Bonchev–Trinajstić information content (AvgIpc) is 2.39. The zero-order valence-corrected chi connectivity index (χ0v) is 12.2. The Morgan fingerprint density at radius 2 is 2.05 bits per heavy atom. The molecule has 3 nitrogen and oxygen atoms in total. The van der Waals surface area contributed by atoms with Crippen LogP contribution in [0.15, 0.2) is 46.9 Å². The lowest BCUT2D eigenvalue weighted by Gasteiger charge is -2.07. The number of benzene rings is 2.